The molecule has 0 N–H and O–H groups in total. The zero-order valence-electron chi connectivity index (χ0n) is 25.6. The summed E-state index contributed by atoms with van der Waals surface area (Å²) < 4.78 is 8.64. The number of fused-ring (bicyclic) bond motifs is 4. The Kier molecular flexibility index (Phi) is 7.65. The fraction of sp³-hybridized carbons (Fsp3) is 0.237. The molecule has 0 atom stereocenters. The van der Waals surface area contributed by atoms with E-state index in [1.165, 1.54) is 31.2 Å². The van der Waals surface area contributed by atoms with Gasteiger partial charge in [0.2, 0.25) is 0 Å². The number of aromatic nitrogens is 3. The molecule has 0 unspecified atom stereocenters. The van der Waals surface area contributed by atoms with E-state index in [9.17, 15) is 0 Å². The molecule has 230 valence electrons. The van der Waals surface area contributed by atoms with Crippen molar-refractivity contribution in [2.24, 2.45) is 0 Å². The number of pyridine rings is 2. The van der Waals surface area contributed by atoms with Gasteiger partial charge in [-0.05, 0) is 59.5 Å². The molecule has 0 saturated heterocycles. The molecule has 1 saturated carbocycles. The second-order valence-electron chi connectivity index (χ2n) is 12.8. The molecule has 4 heterocycles. The van der Waals surface area contributed by atoms with E-state index in [-0.39, 0.29) is 26.5 Å². The summed E-state index contributed by atoms with van der Waals surface area (Å²) in [5, 5.41) is 2.27. The summed E-state index contributed by atoms with van der Waals surface area (Å²) in [5.74, 6) is 3.14. The van der Waals surface area contributed by atoms with Crippen LogP contribution in [0.4, 0.5) is 17.2 Å². The molecule has 2 aliphatic rings. The molecule has 8 rings (SSSR count). The molecule has 0 bridgehead atoms. The van der Waals surface area contributed by atoms with Crippen molar-refractivity contribution in [3.8, 4) is 17.3 Å². The third-order valence-corrected chi connectivity index (χ3v) is 8.86. The van der Waals surface area contributed by atoms with Crippen LogP contribution in [0.1, 0.15) is 52.0 Å². The van der Waals surface area contributed by atoms with Crippen molar-refractivity contribution in [1.82, 2.24) is 14.5 Å². The number of anilines is 3. The molecule has 7 heteroatoms. The van der Waals surface area contributed by atoms with Gasteiger partial charge in [-0.1, -0.05) is 57.3 Å². The van der Waals surface area contributed by atoms with Gasteiger partial charge in [-0.3, -0.25) is 0 Å². The quantitative estimate of drug-likeness (QED) is 0.164. The summed E-state index contributed by atoms with van der Waals surface area (Å²) >= 11 is 0. The van der Waals surface area contributed by atoms with Crippen LogP contribution in [0.15, 0.2) is 91.3 Å². The van der Waals surface area contributed by atoms with Gasteiger partial charge in [0.1, 0.15) is 11.6 Å². The maximum Gasteiger partial charge on any atom is 0.135 e. The van der Waals surface area contributed by atoms with Gasteiger partial charge >= 0.3 is 0 Å². The smallest absolute Gasteiger partial charge is 0.135 e. The van der Waals surface area contributed by atoms with Crippen LogP contribution < -0.4 is 14.5 Å². The maximum atomic E-state index is 6.45. The summed E-state index contributed by atoms with van der Waals surface area (Å²) in [4.78, 5) is 14.1. The topological polar surface area (TPSA) is 46.4 Å². The molecule has 1 aliphatic carbocycles. The number of rotatable bonds is 5. The molecule has 6 aromatic rings. The van der Waals surface area contributed by atoms with Crippen molar-refractivity contribution in [3.05, 3.63) is 116 Å². The standard InChI is InChI=1S/C38H34N5O.Pt/c1-38(2,3)26-19-21-39-36(22-26)43-33-15-7-6-14-31(33)32-18-17-30(24-35(32)43)44-29-13-8-12-28(23-29)41-25-42(27-10-4-5-11-27)37-34(41)16-9-20-40-37;/h6-9,12-22,25,27H,4-5,10-11H2,1-3H3;/q-3;. The second kappa shape index (κ2) is 11.6. The van der Waals surface area contributed by atoms with Crippen LogP contribution in [0.25, 0.3) is 27.6 Å². The van der Waals surface area contributed by atoms with E-state index in [1.807, 2.05) is 36.7 Å². The van der Waals surface area contributed by atoms with E-state index >= 15 is 0 Å². The van der Waals surface area contributed by atoms with E-state index in [2.05, 4.69) is 109 Å². The second-order valence-corrected chi connectivity index (χ2v) is 12.8. The summed E-state index contributed by atoms with van der Waals surface area (Å²) in [6.07, 6.45) is 8.70. The summed E-state index contributed by atoms with van der Waals surface area (Å²) in [6, 6.07) is 34.5. The molecular formula is C38H34N5OPt-3. The van der Waals surface area contributed by atoms with Crippen LogP contribution in [0.5, 0.6) is 11.5 Å². The fourth-order valence-corrected chi connectivity index (χ4v) is 6.59. The first kappa shape index (κ1) is 29.6. The average Bonchev–Trinajstić information content (AvgIpc) is 3.77. The van der Waals surface area contributed by atoms with Gasteiger partial charge in [0, 0.05) is 56.5 Å². The Morgan fingerprint density at radius 2 is 1.64 bits per heavy atom. The Balaban J connectivity index is 0.00000325. The molecule has 0 spiro atoms. The third kappa shape index (κ3) is 5.29. The van der Waals surface area contributed by atoms with Gasteiger partial charge < -0.3 is 19.1 Å². The number of hydrogen-bond donors (Lipinski definition) is 0. The van der Waals surface area contributed by atoms with Crippen molar-refractivity contribution < 1.29 is 25.8 Å². The van der Waals surface area contributed by atoms with E-state index < -0.39 is 0 Å². The Bertz CT molecular complexity index is 2010. The predicted molar refractivity (Wildman–Crippen MR) is 177 cm³/mol. The van der Waals surface area contributed by atoms with Gasteiger partial charge in [-0.15, -0.1) is 48.1 Å². The van der Waals surface area contributed by atoms with Crippen LogP contribution in [-0.2, 0) is 26.5 Å². The number of hydrogen-bond acceptors (Lipinski definition) is 5. The zero-order valence-corrected chi connectivity index (χ0v) is 27.9. The molecule has 0 radical (unpaired) electrons. The molecule has 6 nitrogen and oxygen atoms in total. The van der Waals surface area contributed by atoms with Crippen molar-refractivity contribution in [3.63, 3.8) is 0 Å². The number of ether oxygens (including phenoxy) is 1. The minimum atomic E-state index is 0. The van der Waals surface area contributed by atoms with Crippen LogP contribution in [0.3, 0.4) is 0 Å². The monoisotopic (exact) mass is 771 g/mol. The predicted octanol–water partition coefficient (Wildman–Crippen LogP) is 9.28. The molecule has 0 amide bonds. The van der Waals surface area contributed by atoms with Crippen LogP contribution in [-0.4, -0.2) is 20.6 Å². The molecule has 45 heavy (non-hydrogen) atoms. The van der Waals surface area contributed by atoms with Crippen LogP contribution in [0, 0.1) is 18.8 Å². The third-order valence-electron chi connectivity index (χ3n) is 8.86. The van der Waals surface area contributed by atoms with Crippen molar-refractivity contribution in [2.75, 3.05) is 9.80 Å². The molecule has 1 aliphatic heterocycles. The summed E-state index contributed by atoms with van der Waals surface area (Å²) in [5.41, 5.74) is 5.23. The average molecular weight is 772 g/mol. The van der Waals surface area contributed by atoms with Crippen LogP contribution >= 0.6 is 0 Å². The van der Waals surface area contributed by atoms with Crippen molar-refractivity contribution in [2.45, 2.75) is 57.9 Å². The first-order chi connectivity index (χ1) is 21.4. The Morgan fingerprint density at radius 3 is 2.49 bits per heavy atom. The molecular weight excluding hydrogens is 738 g/mol. The first-order valence-corrected chi connectivity index (χ1v) is 15.4. The van der Waals surface area contributed by atoms with Gasteiger partial charge in [-0.25, -0.2) is 9.97 Å². The summed E-state index contributed by atoms with van der Waals surface area (Å²) in [7, 11) is 0. The molecule has 3 aromatic carbocycles. The number of para-hydroxylation sites is 1. The van der Waals surface area contributed by atoms with Gasteiger partial charge in [0.05, 0.1) is 5.69 Å². The van der Waals surface area contributed by atoms with E-state index in [4.69, 9.17) is 14.7 Å². The fourth-order valence-electron chi connectivity index (χ4n) is 6.59. The van der Waals surface area contributed by atoms with Gasteiger partial charge in [-0.2, -0.15) is 12.1 Å². The Hall–Kier alpha value is -4.15. The van der Waals surface area contributed by atoms with Gasteiger partial charge in [0.25, 0.3) is 0 Å². The Morgan fingerprint density at radius 1 is 0.822 bits per heavy atom. The van der Waals surface area contributed by atoms with Crippen molar-refractivity contribution in [1.29, 1.82) is 0 Å². The van der Waals surface area contributed by atoms with Crippen LogP contribution in [0.2, 0.25) is 0 Å². The zero-order chi connectivity index (χ0) is 29.8. The normalized spacial score (nSPS) is 15.1. The molecule has 1 fully saturated rings. The van der Waals surface area contributed by atoms with E-state index in [1.54, 1.807) is 0 Å². The summed E-state index contributed by atoms with van der Waals surface area (Å²) in [6.45, 7) is 8.85. The van der Waals surface area contributed by atoms with E-state index in [0.717, 1.165) is 44.8 Å². The Labute approximate surface area is 278 Å². The number of nitrogens with zero attached hydrogens (tertiary/aromatic N) is 5. The number of benzene rings is 3. The molecule has 3 aromatic heterocycles. The van der Waals surface area contributed by atoms with Crippen molar-refractivity contribution >= 4 is 39.0 Å². The van der Waals surface area contributed by atoms with Gasteiger partial charge in [0.15, 0.2) is 0 Å². The van der Waals surface area contributed by atoms with E-state index in [0.29, 0.717) is 17.5 Å². The minimum Gasteiger partial charge on any atom is -0.509 e. The minimum absolute atomic E-state index is 0. The largest absolute Gasteiger partial charge is 0.509 e. The SMILES string of the molecule is CC(C)(C)c1ccnc(-n2c3[c-]c(Oc4[c-]c(N5[CH-]N(C6CCCC6)c6ncccc65)ccc4)ccc3c3ccccc32)c1.[Pt]. The first-order valence-electron chi connectivity index (χ1n) is 15.4. The maximum absolute atomic E-state index is 6.45.